The third kappa shape index (κ3) is 5.31. The molecule has 2 aromatic carbocycles. The summed E-state index contributed by atoms with van der Waals surface area (Å²) in [6.45, 7) is 1.88. The first-order valence-electron chi connectivity index (χ1n) is 10.3. The van der Waals surface area contributed by atoms with Crippen LogP contribution in [0.1, 0.15) is 53.8 Å². The molecule has 1 aliphatic rings. The quantitative estimate of drug-likeness (QED) is 0.674. The van der Waals surface area contributed by atoms with E-state index in [-0.39, 0.29) is 22.1 Å². The first-order chi connectivity index (χ1) is 15.0. The van der Waals surface area contributed by atoms with E-state index in [1.165, 1.54) is 40.7 Å². The molecule has 2 unspecified atom stereocenters. The Labute approximate surface area is 185 Å². The molecule has 1 amide bonds. The Morgan fingerprint density at radius 1 is 1.16 bits per heavy atom. The summed E-state index contributed by atoms with van der Waals surface area (Å²) < 4.78 is 66.5. The molecule has 1 heterocycles. The number of amides is 1. The lowest BCUT2D eigenvalue weighted by Gasteiger charge is -2.32. The zero-order chi connectivity index (χ0) is 23.5. The molecule has 1 aliphatic heterocycles. The van der Waals surface area contributed by atoms with Crippen LogP contribution in [0.2, 0.25) is 0 Å². The molecule has 0 aliphatic carbocycles. The summed E-state index contributed by atoms with van der Waals surface area (Å²) in [5, 5.41) is 12.6. The number of rotatable bonds is 6. The normalized spacial score (nSPS) is 18.8. The summed E-state index contributed by atoms with van der Waals surface area (Å²) in [5.74, 6) is -0.635. The van der Waals surface area contributed by atoms with Crippen LogP contribution < -0.4 is 5.32 Å². The molecule has 0 spiro atoms. The number of hydrogen-bond acceptors (Lipinski definition) is 4. The highest BCUT2D eigenvalue weighted by atomic mass is 32.2. The van der Waals surface area contributed by atoms with E-state index in [2.05, 4.69) is 5.32 Å². The molecule has 1 saturated heterocycles. The largest absolute Gasteiger partial charge is 0.416 e. The van der Waals surface area contributed by atoms with Crippen molar-refractivity contribution in [2.45, 2.75) is 49.4 Å². The maximum atomic E-state index is 13.1. The van der Waals surface area contributed by atoms with Crippen molar-refractivity contribution in [3.8, 4) is 0 Å². The van der Waals surface area contributed by atoms with E-state index in [9.17, 15) is 31.5 Å². The second-order valence-corrected chi connectivity index (χ2v) is 9.69. The molecule has 3 rings (SSSR count). The number of aliphatic hydroxyl groups is 1. The molecule has 0 radical (unpaired) electrons. The first kappa shape index (κ1) is 24.2. The van der Waals surface area contributed by atoms with E-state index in [1.807, 2.05) is 6.92 Å². The molecule has 6 nitrogen and oxygen atoms in total. The van der Waals surface area contributed by atoms with Gasteiger partial charge in [-0.15, -0.1) is 0 Å². The smallest absolute Gasteiger partial charge is 0.387 e. The van der Waals surface area contributed by atoms with Crippen molar-refractivity contribution in [1.82, 2.24) is 9.62 Å². The van der Waals surface area contributed by atoms with Crippen molar-refractivity contribution in [2.24, 2.45) is 0 Å². The van der Waals surface area contributed by atoms with Gasteiger partial charge in [-0.1, -0.05) is 24.6 Å². The number of carbonyl (C=O) groups is 1. The Kier molecular flexibility index (Phi) is 7.26. The van der Waals surface area contributed by atoms with Crippen LogP contribution in [0.3, 0.4) is 0 Å². The number of carbonyl (C=O) groups excluding carboxylic acids is 1. The van der Waals surface area contributed by atoms with E-state index in [1.54, 1.807) is 0 Å². The van der Waals surface area contributed by atoms with Crippen molar-refractivity contribution in [2.75, 3.05) is 13.1 Å². The van der Waals surface area contributed by atoms with Crippen LogP contribution >= 0.6 is 0 Å². The van der Waals surface area contributed by atoms with E-state index in [0.29, 0.717) is 6.54 Å². The van der Waals surface area contributed by atoms with Crippen LogP contribution in [-0.2, 0) is 16.2 Å². The number of halogens is 3. The fraction of sp³-hybridized carbons (Fsp3) is 0.409. The van der Waals surface area contributed by atoms with Crippen molar-refractivity contribution < 1.29 is 31.5 Å². The second kappa shape index (κ2) is 9.60. The highest BCUT2D eigenvalue weighted by molar-refractivity contribution is 7.89. The van der Waals surface area contributed by atoms with Crippen LogP contribution in [0.4, 0.5) is 13.2 Å². The lowest BCUT2D eigenvalue weighted by molar-refractivity contribution is -0.139. The maximum absolute atomic E-state index is 13.1. The lowest BCUT2D eigenvalue weighted by Crippen LogP contribution is -2.41. The number of hydrogen-bond donors (Lipinski definition) is 2. The minimum Gasteiger partial charge on any atom is -0.387 e. The molecule has 0 bridgehead atoms. The van der Waals surface area contributed by atoms with Crippen LogP contribution in [-0.4, -0.2) is 42.9 Å². The molecule has 2 N–H and O–H groups in total. The molecule has 32 heavy (non-hydrogen) atoms. The van der Waals surface area contributed by atoms with Gasteiger partial charge < -0.3 is 10.4 Å². The van der Waals surface area contributed by atoms with E-state index in [4.69, 9.17) is 0 Å². The Bertz CT molecular complexity index is 1060. The average Bonchev–Trinajstić information content (AvgIpc) is 2.77. The number of nitrogens with zero attached hydrogens (tertiary/aromatic N) is 1. The van der Waals surface area contributed by atoms with Crippen LogP contribution in [0, 0.1) is 0 Å². The second-order valence-electron chi connectivity index (χ2n) is 7.80. The summed E-state index contributed by atoms with van der Waals surface area (Å²) in [7, 11) is -3.68. The summed E-state index contributed by atoms with van der Waals surface area (Å²) in [6, 6.07) is 9.86. The highest BCUT2D eigenvalue weighted by Gasteiger charge is 2.35. The zero-order valence-electron chi connectivity index (χ0n) is 17.5. The van der Waals surface area contributed by atoms with Gasteiger partial charge in [0.15, 0.2) is 0 Å². The Balaban J connectivity index is 1.67. The third-order valence-corrected chi connectivity index (χ3v) is 7.57. The van der Waals surface area contributed by atoms with Gasteiger partial charge in [0.25, 0.3) is 5.91 Å². The van der Waals surface area contributed by atoms with Gasteiger partial charge >= 0.3 is 6.18 Å². The van der Waals surface area contributed by atoms with E-state index >= 15 is 0 Å². The van der Waals surface area contributed by atoms with Crippen LogP contribution in [0.25, 0.3) is 0 Å². The highest BCUT2D eigenvalue weighted by Crippen LogP contribution is 2.34. The predicted octanol–water partition coefficient (Wildman–Crippen LogP) is 3.73. The van der Waals surface area contributed by atoms with Gasteiger partial charge in [-0.3, -0.25) is 4.79 Å². The number of sulfonamides is 1. The molecule has 10 heteroatoms. The predicted molar refractivity (Wildman–Crippen MR) is 112 cm³/mol. The summed E-state index contributed by atoms with van der Waals surface area (Å²) in [6.07, 6.45) is -3.62. The summed E-state index contributed by atoms with van der Waals surface area (Å²) >= 11 is 0. The molecular weight excluding hydrogens is 445 g/mol. The van der Waals surface area contributed by atoms with Gasteiger partial charge in [0.2, 0.25) is 10.0 Å². The fourth-order valence-electron chi connectivity index (χ4n) is 3.79. The van der Waals surface area contributed by atoms with Gasteiger partial charge in [-0.25, -0.2) is 8.42 Å². The van der Waals surface area contributed by atoms with Crippen molar-refractivity contribution in [1.29, 1.82) is 0 Å². The average molecular weight is 471 g/mol. The fourth-order valence-corrected chi connectivity index (χ4v) is 5.49. The van der Waals surface area contributed by atoms with Gasteiger partial charge in [0.1, 0.15) is 0 Å². The van der Waals surface area contributed by atoms with Crippen LogP contribution in [0.5, 0.6) is 0 Å². The number of nitrogens with one attached hydrogen (secondary N) is 1. The lowest BCUT2D eigenvalue weighted by atomic mass is 10.0. The standard InChI is InChI=1S/C22H25F3N2O4S/c1-15-6-4-5-13-27(15)32(30,31)17-11-9-16(10-12-17)21(29)26-14-20(28)18-7-2-3-8-19(18)22(23,24)25/h2-3,7-12,15,20,28H,4-6,13-14H2,1H3,(H,26,29). The molecule has 2 atom stereocenters. The molecule has 174 valence electrons. The van der Waals surface area contributed by atoms with Crippen molar-refractivity contribution in [3.05, 3.63) is 65.2 Å². The zero-order valence-corrected chi connectivity index (χ0v) is 18.3. The topological polar surface area (TPSA) is 86.7 Å². The minimum absolute atomic E-state index is 0.0712. The number of aliphatic hydroxyl groups excluding tert-OH is 1. The van der Waals surface area contributed by atoms with E-state index < -0.39 is 40.3 Å². The SMILES string of the molecule is CC1CCCCN1S(=O)(=O)c1ccc(C(=O)NCC(O)c2ccccc2C(F)(F)F)cc1. The van der Waals surface area contributed by atoms with Gasteiger partial charge in [0.05, 0.1) is 16.6 Å². The Morgan fingerprint density at radius 3 is 2.44 bits per heavy atom. The van der Waals surface area contributed by atoms with Crippen molar-refractivity contribution in [3.63, 3.8) is 0 Å². The van der Waals surface area contributed by atoms with Crippen LogP contribution in [0.15, 0.2) is 53.4 Å². The molecule has 0 aromatic heterocycles. The summed E-state index contributed by atoms with van der Waals surface area (Å²) in [5.41, 5.74) is -1.17. The van der Waals surface area contributed by atoms with Gasteiger partial charge in [-0.2, -0.15) is 17.5 Å². The molecule has 1 fully saturated rings. The first-order valence-corrected chi connectivity index (χ1v) is 11.7. The van der Waals surface area contributed by atoms with E-state index in [0.717, 1.165) is 31.4 Å². The van der Waals surface area contributed by atoms with Gasteiger partial charge in [-0.05, 0) is 55.7 Å². The maximum Gasteiger partial charge on any atom is 0.416 e. The number of benzene rings is 2. The van der Waals surface area contributed by atoms with Gasteiger partial charge in [0, 0.05) is 24.7 Å². The molecule has 0 saturated carbocycles. The minimum atomic E-state index is -4.63. The number of piperidine rings is 1. The third-order valence-electron chi connectivity index (χ3n) is 5.55. The van der Waals surface area contributed by atoms with Crippen molar-refractivity contribution >= 4 is 15.9 Å². The Morgan fingerprint density at radius 2 is 1.81 bits per heavy atom. The summed E-state index contributed by atoms with van der Waals surface area (Å²) in [4.78, 5) is 12.4. The number of alkyl halides is 3. The molecular formula is C22H25F3N2O4S. The molecule has 2 aromatic rings. The Hall–Kier alpha value is -2.43. The monoisotopic (exact) mass is 470 g/mol.